The standard InChI is InChI=1S/C27H36N4O4S2/c1-4-30(5-2)37(33,34)21-16-17-23-22(18-21)29-27(31(23)24-14-10-11-15-25(24)35-3)36-19-26(32)28-20-12-8-6-7-9-13-20/h10-11,14-18,20H,4-9,12-13,19H2,1-3H3,(H,28,32). The van der Waals surface area contributed by atoms with Crippen LogP contribution in [-0.4, -0.2) is 60.2 Å². The first-order valence-corrected chi connectivity index (χ1v) is 15.4. The van der Waals surface area contributed by atoms with Gasteiger partial charge in [0.1, 0.15) is 5.75 Å². The summed E-state index contributed by atoms with van der Waals surface area (Å²) in [5, 5.41) is 3.80. The number of rotatable bonds is 10. The Kier molecular flexibility index (Phi) is 9.15. The zero-order valence-corrected chi connectivity index (χ0v) is 23.4. The van der Waals surface area contributed by atoms with Crippen molar-refractivity contribution in [2.75, 3.05) is 26.0 Å². The molecule has 4 rings (SSSR count). The highest BCUT2D eigenvalue weighted by Gasteiger charge is 2.24. The number of para-hydroxylation sites is 2. The molecule has 2 aromatic carbocycles. The first-order chi connectivity index (χ1) is 17.9. The van der Waals surface area contributed by atoms with E-state index < -0.39 is 10.0 Å². The van der Waals surface area contributed by atoms with Crippen LogP contribution in [-0.2, 0) is 14.8 Å². The van der Waals surface area contributed by atoms with Crippen molar-refractivity contribution in [3.63, 3.8) is 0 Å². The van der Waals surface area contributed by atoms with Crippen LogP contribution in [0.2, 0.25) is 0 Å². The number of aromatic nitrogens is 2. The third kappa shape index (κ3) is 6.13. The molecule has 1 aromatic heterocycles. The van der Waals surface area contributed by atoms with Gasteiger partial charge in [0.2, 0.25) is 15.9 Å². The number of sulfonamides is 1. The molecular formula is C27H36N4O4S2. The Morgan fingerprint density at radius 2 is 1.81 bits per heavy atom. The van der Waals surface area contributed by atoms with Crippen molar-refractivity contribution in [2.24, 2.45) is 0 Å². The molecule has 1 aliphatic carbocycles. The van der Waals surface area contributed by atoms with Crippen LogP contribution in [0.3, 0.4) is 0 Å². The number of methoxy groups -OCH3 is 1. The molecule has 200 valence electrons. The number of fused-ring (bicyclic) bond motifs is 1. The molecule has 1 N–H and O–H groups in total. The number of nitrogens with zero attached hydrogens (tertiary/aromatic N) is 3. The third-order valence-electron chi connectivity index (χ3n) is 6.82. The number of amides is 1. The largest absolute Gasteiger partial charge is 0.495 e. The van der Waals surface area contributed by atoms with Crippen molar-refractivity contribution in [3.8, 4) is 11.4 Å². The molecule has 8 nitrogen and oxygen atoms in total. The molecule has 0 saturated heterocycles. The smallest absolute Gasteiger partial charge is 0.243 e. The average molecular weight is 545 g/mol. The molecule has 0 atom stereocenters. The Balaban J connectivity index is 1.69. The van der Waals surface area contributed by atoms with Gasteiger partial charge in [0.15, 0.2) is 5.16 Å². The van der Waals surface area contributed by atoms with Crippen LogP contribution >= 0.6 is 11.8 Å². The molecule has 1 heterocycles. The number of imidazole rings is 1. The van der Waals surface area contributed by atoms with Crippen LogP contribution in [0.1, 0.15) is 52.4 Å². The van der Waals surface area contributed by atoms with Gasteiger partial charge in [-0.3, -0.25) is 9.36 Å². The number of benzene rings is 2. The molecule has 37 heavy (non-hydrogen) atoms. The van der Waals surface area contributed by atoms with Crippen LogP contribution in [0, 0.1) is 0 Å². The molecule has 1 fully saturated rings. The summed E-state index contributed by atoms with van der Waals surface area (Å²) in [6, 6.07) is 12.8. The van der Waals surface area contributed by atoms with E-state index in [1.54, 1.807) is 25.3 Å². The Bertz CT molecular complexity index is 1330. The number of carbonyl (C=O) groups excluding carboxylic acids is 1. The Labute approximate surface area is 223 Å². The monoisotopic (exact) mass is 544 g/mol. The average Bonchev–Trinajstić information content (AvgIpc) is 3.06. The van der Waals surface area contributed by atoms with Gasteiger partial charge in [-0.1, -0.05) is 63.4 Å². The second kappa shape index (κ2) is 12.3. The minimum atomic E-state index is -3.63. The van der Waals surface area contributed by atoms with Gasteiger partial charge in [-0.2, -0.15) is 4.31 Å². The van der Waals surface area contributed by atoms with E-state index in [-0.39, 0.29) is 22.6 Å². The van der Waals surface area contributed by atoms with Crippen LogP contribution < -0.4 is 10.1 Å². The molecule has 10 heteroatoms. The van der Waals surface area contributed by atoms with Gasteiger partial charge in [0, 0.05) is 19.1 Å². The number of hydrogen-bond donors (Lipinski definition) is 1. The molecule has 0 bridgehead atoms. The number of ether oxygens (including phenoxy) is 1. The van der Waals surface area contributed by atoms with E-state index in [1.165, 1.54) is 28.9 Å². The van der Waals surface area contributed by atoms with Crippen molar-refractivity contribution in [1.29, 1.82) is 0 Å². The summed E-state index contributed by atoms with van der Waals surface area (Å²) in [6.07, 6.45) is 6.83. The SMILES string of the molecule is CCN(CC)S(=O)(=O)c1ccc2c(c1)nc(SCC(=O)NC1CCCCCC1)n2-c1ccccc1OC. The van der Waals surface area contributed by atoms with Gasteiger partial charge in [0.25, 0.3) is 0 Å². The number of hydrogen-bond acceptors (Lipinski definition) is 6. The molecule has 1 saturated carbocycles. The highest BCUT2D eigenvalue weighted by molar-refractivity contribution is 7.99. The van der Waals surface area contributed by atoms with E-state index in [2.05, 4.69) is 5.32 Å². The van der Waals surface area contributed by atoms with E-state index in [0.717, 1.165) is 36.9 Å². The van der Waals surface area contributed by atoms with Crippen molar-refractivity contribution < 1.29 is 17.9 Å². The number of carbonyl (C=O) groups is 1. The van der Waals surface area contributed by atoms with Gasteiger partial charge in [-0.15, -0.1) is 0 Å². The fourth-order valence-electron chi connectivity index (χ4n) is 4.88. The third-order valence-corrected chi connectivity index (χ3v) is 9.80. The van der Waals surface area contributed by atoms with Crippen LogP contribution in [0.15, 0.2) is 52.5 Å². The van der Waals surface area contributed by atoms with E-state index in [4.69, 9.17) is 9.72 Å². The van der Waals surface area contributed by atoms with E-state index in [1.807, 2.05) is 42.7 Å². The summed E-state index contributed by atoms with van der Waals surface area (Å²) < 4.78 is 35.3. The van der Waals surface area contributed by atoms with E-state index >= 15 is 0 Å². The topological polar surface area (TPSA) is 93.5 Å². The minimum absolute atomic E-state index is 0.0136. The minimum Gasteiger partial charge on any atom is -0.495 e. The van der Waals surface area contributed by atoms with Gasteiger partial charge in [0.05, 0.1) is 34.5 Å². The van der Waals surface area contributed by atoms with E-state index in [0.29, 0.717) is 29.5 Å². The molecule has 0 spiro atoms. The van der Waals surface area contributed by atoms with Crippen molar-refractivity contribution in [1.82, 2.24) is 19.2 Å². The zero-order chi connectivity index (χ0) is 26.4. The fraction of sp³-hybridized carbons (Fsp3) is 0.481. The van der Waals surface area contributed by atoms with Crippen LogP contribution in [0.4, 0.5) is 0 Å². The Morgan fingerprint density at radius 1 is 1.11 bits per heavy atom. The fourth-order valence-corrected chi connectivity index (χ4v) is 7.19. The summed E-state index contributed by atoms with van der Waals surface area (Å²) in [5.74, 6) is 0.867. The number of thioether (sulfide) groups is 1. The lowest BCUT2D eigenvalue weighted by Gasteiger charge is -2.18. The summed E-state index contributed by atoms with van der Waals surface area (Å²) in [5.41, 5.74) is 2.07. The first kappa shape index (κ1) is 27.5. The lowest BCUT2D eigenvalue weighted by molar-refractivity contribution is -0.119. The summed E-state index contributed by atoms with van der Waals surface area (Å²) in [4.78, 5) is 17.8. The predicted octanol–water partition coefficient (Wildman–Crippen LogP) is 5.00. The molecule has 0 unspecified atom stereocenters. The zero-order valence-electron chi connectivity index (χ0n) is 21.8. The Morgan fingerprint density at radius 3 is 2.49 bits per heavy atom. The molecule has 0 radical (unpaired) electrons. The van der Waals surface area contributed by atoms with Crippen molar-refractivity contribution in [3.05, 3.63) is 42.5 Å². The maximum atomic E-state index is 13.1. The molecule has 1 amide bonds. The predicted molar refractivity (Wildman–Crippen MR) is 148 cm³/mol. The van der Waals surface area contributed by atoms with Gasteiger partial charge in [-0.25, -0.2) is 13.4 Å². The second-order valence-corrected chi connectivity index (χ2v) is 12.1. The second-order valence-electron chi connectivity index (χ2n) is 9.19. The van der Waals surface area contributed by atoms with Crippen molar-refractivity contribution >= 4 is 38.7 Å². The quantitative estimate of drug-likeness (QED) is 0.285. The van der Waals surface area contributed by atoms with Crippen LogP contribution in [0.5, 0.6) is 5.75 Å². The molecule has 1 aliphatic rings. The first-order valence-electron chi connectivity index (χ1n) is 13.0. The summed E-state index contributed by atoms with van der Waals surface area (Å²) in [7, 11) is -2.02. The van der Waals surface area contributed by atoms with Gasteiger partial charge >= 0.3 is 0 Å². The van der Waals surface area contributed by atoms with Gasteiger partial charge in [-0.05, 0) is 43.2 Å². The van der Waals surface area contributed by atoms with Crippen molar-refractivity contribution in [2.45, 2.75) is 68.5 Å². The lowest BCUT2D eigenvalue weighted by Crippen LogP contribution is -2.35. The van der Waals surface area contributed by atoms with Gasteiger partial charge < -0.3 is 10.1 Å². The van der Waals surface area contributed by atoms with E-state index in [9.17, 15) is 13.2 Å². The normalized spacial score (nSPS) is 15.1. The molecular weight excluding hydrogens is 508 g/mol. The summed E-state index contributed by atoms with van der Waals surface area (Å²) in [6.45, 7) is 4.43. The maximum absolute atomic E-state index is 13.1. The highest BCUT2D eigenvalue weighted by atomic mass is 32.2. The molecule has 0 aliphatic heterocycles. The summed E-state index contributed by atoms with van der Waals surface area (Å²) >= 11 is 1.34. The number of nitrogens with one attached hydrogen (secondary N) is 1. The highest BCUT2D eigenvalue weighted by Crippen LogP contribution is 2.34. The Hall–Kier alpha value is -2.56. The van der Waals surface area contributed by atoms with Crippen LogP contribution in [0.25, 0.3) is 16.7 Å². The maximum Gasteiger partial charge on any atom is 0.243 e. The molecule has 3 aromatic rings. The lowest BCUT2D eigenvalue weighted by atomic mass is 10.1.